The third-order valence-corrected chi connectivity index (χ3v) is 10.6. The molecular weight excluding hydrogens is 574 g/mol. The number of hydrogen-bond donors (Lipinski definition) is 2. The molecule has 46 heavy (non-hydrogen) atoms. The Kier molecular flexibility index (Phi) is 7.36. The first-order valence-electron chi connectivity index (χ1n) is 16.8. The summed E-state index contributed by atoms with van der Waals surface area (Å²) in [5.41, 5.74) is 6.58. The zero-order chi connectivity index (χ0) is 31.3. The van der Waals surface area contributed by atoms with Gasteiger partial charge in [-0.05, 0) is 78.8 Å². The summed E-state index contributed by atoms with van der Waals surface area (Å²) < 4.78 is 5.72. The van der Waals surface area contributed by atoms with Crippen LogP contribution in [0.3, 0.4) is 0 Å². The minimum atomic E-state index is -1.35. The maximum atomic E-state index is 13.7. The summed E-state index contributed by atoms with van der Waals surface area (Å²) in [5.74, 6) is 0.958. The van der Waals surface area contributed by atoms with E-state index < -0.39 is 12.0 Å². The summed E-state index contributed by atoms with van der Waals surface area (Å²) in [6, 6.07) is 24.2. The number of hydrogen-bond acceptors (Lipinski definition) is 5. The highest BCUT2D eigenvalue weighted by Crippen LogP contribution is 2.52. The van der Waals surface area contributed by atoms with E-state index in [1.54, 1.807) is 17.2 Å². The van der Waals surface area contributed by atoms with Gasteiger partial charge in [-0.25, -0.2) is 4.98 Å². The first-order chi connectivity index (χ1) is 22.5. The van der Waals surface area contributed by atoms with Gasteiger partial charge in [-0.1, -0.05) is 79.9 Å². The Morgan fingerprint density at radius 1 is 0.978 bits per heavy atom. The number of furan rings is 1. The smallest absolute Gasteiger partial charge is 0.256 e. The molecule has 8 rings (SSSR count). The van der Waals surface area contributed by atoms with Crippen molar-refractivity contribution in [2.75, 3.05) is 6.54 Å². The molecule has 2 aromatic heterocycles. The molecule has 1 amide bonds. The third kappa shape index (κ3) is 5.17. The molecular formula is C39H39N3O4. The van der Waals surface area contributed by atoms with Gasteiger partial charge in [0.25, 0.3) is 11.5 Å². The van der Waals surface area contributed by atoms with Crippen molar-refractivity contribution in [3.05, 3.63) is 123 Å². The number of amides is 1. The molecule has 1 atom stereocenters. The summed E-state index contributed by atoms with van der Waals surface area (Å²) in [6.07, 6.45) is 10.0. The van der Waals surface area contributed by atoms with Gasteiger partial charge in [0.15, 0.2) is 6.10 Å². The number of aromatic nitrogens is 2. The molecule has 3 aromatic carbocycles. The molecule has 5 aromatic rings. The highest BCUT2D eigenvalue weighted by molar-refractivity contribution is 5.94. The van der Waals surface area contributed by atoms with E-state index in [2.05, 4.69) is 29.2 Å². The SMILES string of the molecule is O=C([C@H](O)c1cccc(-c2coc3ccccc23)c1)N1CCCc2nc(C3(c4cccc(C5CCCCC5)c4)CC3)[nH]c(=O)c2C1. The number of para-hydroxylation sites is 1. The van der Waals surface area contributed by atoms with Crippen LogP contribution in [-0.2, 0) is 23.2 Å². The van der Waals surface area contributed by atoms with E-state index in [1.165, 1.54) is 43.2 Å². The summed E-state index contributed by atoms with van der Waals surface area (Å²) in [7, 11) is 0. The minimum absolute atomic E-state index is 0.129. The Balaban J connectivity index is 1.03. The maximum Gasteiger partial charge on any atom is 0.256 e. The number of carbonyl (C=O) groups excluding carboxylic acids is 1. The van der Waals surface area contributed by atoms with Crippen molar-refractivity contribution in [1.29, 1.82) is 0 Å². The zero-order valence-corrected chi connectivity index (χ0v) is 26.0. The molecule has 7 nitrogen and oxygen atoms in total. The summed E-state index contributed by atoms with van der Waals surface area (Å²) in [4.78, 5) is 37.2. The highest BCUT2D eigenvalue weighted by Gasteiger charge is 2.49. The van der Waals surface area contributed by atoms with Gasteiger partial charge in [0.05, 0.1) is 29.5 Å². The van der Waals surface area contributed by atoms with Crippen LogP contribution in [0.2, 0.25) is 0 Å². The number of carbonyl (C=O) groups is 1. The standard InChI is InChI=1S/C39H39N3O4/c43-35(28-13-6-12-27(21-28)32-24-46-34-17-5-4-15-30(32)34)37(45)42-20-8-16-33-31(23-42)36(44)41-38(40-33)39(18-19-39)29-14-7-11-26(22-29)25-9-2-1-3-10-25/h4-7,11-15,17,21-22,24-25,35,43H,1-3,8-10,16,18-20,23H2,(H,40,41,44)/t35-/m1/s1. The van der Waals surface area contributed by atoms with E-state index in [1.807, 2.05) is 42.5 Å². The van der Waals surface area contributed by atoms with Crippen LogP contribution >= 0.6 is 0 Å². The van der Waals surface area contributed by atoms with Crippen molar-refractivity contribution in [3.8, 4) is 11.1 Å². The van der Waals surface area contributed by atoms with Gasteiger partial charge in [-0.3, -0.25) is 9.59 Å². The molecule has 0 bridgehead atoms. The number of nitrogens with zero attached hydrogens (tertiary/aromatic N) is 2. The van der Waals surface area contributed by atoms with Crippen molar-refractivity contribution >= 4 is 16.9 Å². The van der Waals surface area contributed by atoms with E-state index >= 15 is 0 Å². The molecule has 234 valence electrons. The third-order valence-electron chi connectivity index (χ3n) is 10.6. The molecule has 1 aliphatic heterocycles. The number of aliphatic hydroxyl groups excluding tert-OH is 1. The number of benzene rings is 3. The maximum absolute atomic E-state index is 13.7. The molecule has 2 N–H and O–H groups in total. The number of nitrogens with one attached hydrogen (secondary N) is 1. The molecule has 0 spiro atoms. The fourth-order valence-electron chi connectivity index (χ4n) is 7.74. The first kappa shape index (κ1) is 28.9. The fourth-order valence-corrected chi connectivity index (χ4v) is 7.74. The van der Waals surface area contributed by atoms with Crippen LogP contribution in [0.4, 0.5) is 0 Å². The lowest BCUT2D eigenvalue weighted by Crippen LogP contribution is -2.36. The van der Waals surface area contributed by atoms with Gasteiger partial charge < -0.3 is 19.4 Å². The van der Waals surface area contributed by atoms with E-state index in [4.69, 9.17) is 9.40 Å². The van der Waals surface area contributed by atoms with Crippen LogP contribution in [0.5, 0.6) is 0 Å². The normalized spacial score (nSPS) is 18.6. The molecule has 0 unspecified atom stereocenters. The average Bonchev–Trinajstić information content (AvgIpc) is 3.85. The van der Waals surface area contributed by atoms with E-state index in [0.29, 0.717) is 36.4 Å². The van der Waals surface area contributed by atoms with E-state index in [-0.39, 0.29) is 17.5 Å². The van der Waals surface area contributed by atoms with Crippen molar-refractivity contribution in [1.82, 2.24) is 14.9 Å². The van der Waals surface area contributed by atoms with Crippen LogP contribution < -0.4 is 5.56 Å². The van der Waals surface area contributed by atoms with Crippen LogP contribution in [0, 0.1) is 0 Å². The number of aromatic amines is 1. The zero-order valence-electron chi connectivity index (χ0n) is 26.0. The van der Waals surface area contributed by atoms with Crippen molar-refractivity contribution < 1.29 is 14.3 Å². The quantitative estimate of drug-likeness (QED) is 0.209. The lowest BCUT2D eigenvalue weighted by atomic mass is 9.82. The van der Waals surface area contributed by atoms with Crippen molar-refractivity contribution in [2.45, 2.75) is 81.8 Å². The predicted octanol–water partition coefficient (Wildman–Crippen LogP) is 7.32. The molecule has 0 radical (unpaired) electrons. The largest absolute Gasteiger partial charge is 0.464 e. The molecule has 0 saturated heterocycles. The summed E-state index contributed by atoms with van der Waals surface area (Å²) in [5, 5.41) is 12.2. The molecule has 2 saturated carbocycles. The van der Waals surface area contributed by atoms with Gasteiger partial charge in [0.2, 0.25) is 0 Å². The second kappa shape index (κ2) is 11.7. The molecule has 3 heterocycles. The Morgan fingerprint density at radius 3 is 2.65 bits per heavy atom. The van der Waals surface area contributed by atoms with Crippen LogP contribution in [0.15, 0.2) is 88.3 Å². The lowest BCUT2D eigenvalue weighted by molar-refractivity contribution is -0.141. The van der Waals surface area contributed by atoms with Crippen LogP contribution in [-0.4, -0.2) is 32.4 Å². The van der Waals surface area contributed by atoms with Gasteiger partial charge in [0, 0.05) is 17.5 Å². The average molecular weight is 614 g/mol. The molecule has 2 aliphatic carbocycles. The van der Waals surface area contributed by atoms with Gasteiger partial charge in [0.1, 0.15) is 11.4 Å². The van der Waals surface area contributed by atoms with Crippen LogP contribution in [0.25, 0.3) is 22.1 Å². The molecule has 7 heteroatoms. The summed E-state index contributed by atoms with van der Waals surface area (Å²) >= 11 is 0. The van der Waals surface area contributed by atoms with Crippen molar-refractivity contribution in [2.24, 2.45) is 0 Å². The Labute approximate surface area is 268 Å². The Morgan fingerprint density at radius 2 is 1.80 bits per heavy atom. The molecule has 2 fully saturated rings. The van der Waals surface area contributed by atoms with Gasteiger partial charge >= 0.3 is 0 Å². The minimum Gasteiger partial charge on any atom is -0.464 e. The van der Waals surface area contributed by atoms with E-state index in [9.17, 15) is 14.7 Å². The van der Waals surface area contributed by atoms with Gasteiger partial charge in [-0.2, -0.15) is 0 Å². The topological polar surface area (TPSA) is 99.4 Å². The molecule has 3 aliphatic rings. The first-order valence-corrected chi connectivity index (χ1v) is 16.8. The second-order valence-electron chi connectivity index (χ2n) is 13.4. The number of aliphatic hydroxyl groups is 1. The monoisotopic (exact) mass is 613 g/mol. The Hall–Kier alpha value is -4.49. The number of aryl methyl sites for hydroxylation is 1. The lowest BCUT2D eigenvalue weighted by Gasteiger charge is -2.24. The van der Waals surface area contributed by atoms with Crippen molar-refractivity contribution in [3.63, 3.8) is 0 Å². The Bertz CT molecular complexity index is 1980. The van der Waals surface area contributed by atoms with Gasteiger partial charge in [-0.15, -0.1) is 0 Å². The number of rotatable bonds is 6. The number of H-pyrrole nitrogens is 1. The number of fused-ring (bicyclic) bond motifs is 2. The highest BCUT2D eigenvalue weighted by atomic mass is 16.3. The summed E-state index contributed by atoms with van der Waals surface area (Å²) in [6.45, 7) is 0.575. The fraction of sp³-hybridized carbons (Fsp3) is 0.359. The van der Waals surface area contributed by atoms with E-state index in [0.717, 1.165) is 46.5 Å². The predicted molar refractivity (Wildman–Crippen MR) is 177 cm³/mol. The second-order valence-corrected chi connectivity index (χ2v) is 13.4. The van der Waals surface area contributed by atoms with Crippen LogP contribution in [0.1, 0.15) is 97.2 Å².